The van der Waals surface area contributed by atoms with Crippen LogP contribution in [0.15, 0.2) is 0 Å². The molecule has 54 valence electrons. The Balaban J connectivity index is 2.26. The van der Waals surface area contributed by atoms with Crippen LogP contribution >= 0.6 is 0 Å². The Bertz CT molecular complexity index is 177. The number of carbonyl (C=O) groups excluding carboxylic acids is 1. The molecule has 0 unspecified atom stereocenters. The van der Waals surface area contributed by atoms with Crippen LogP contribution in [0.4, 0.5) is 0 Å². The molecule has 1 rings (SSSR count). The van der Waals surface area contributed by atoms with Crippen molar-refractivity contribution in [3.05, 3.63) is 0 Å². The molecule has 10 heavy (non-hydrogen) atoms. The van der Waals surface area contributed by atoms with Gasteiger partial charge >= 0.3 is 0 Å². The summed E-state index contributed by atoms with van der Waals surface area (Å²) in [4.78, 5) is 12.6. The number of nitriles is 1. The fourth-order valence-electron chi connectivity index (χ4n) is 1.08. The molecule has 0 spiro atoms. The van der Waals surface area contributed by atoms with Crippen molar-refractivity contribution in [1.82, 2.24) is 4.90 Å². The number of carbonyl (C=O) groups is 1. The molecule has 3 heteroatoms. The molecule has 0 aromatic heterocycles. The average molecular weight is 138 g/mol. The zero-order valence-electron chi connectivity index (χ0n) is 6.00. The minimum atomic E-state index is -0.0272. The maximum absolute atomic E-state index is 10.9. The highest BCUT2D eigenvalue weighted by Gasteiger charge is 2.26. The number of rotatable bonds is 1. The molecule has 0 saturated carbocycles. The third-order valence-electron chi connectivity index (χ3n) is 1.65. The molecule has 1 amide bonds. The summed E-state index contributed by atoms with van der Waals surface area (Å²) in [7, 11) is 0. The van der Waals surface area contributed by atoms with Crippen LogP contribution in [0.25, 0.3) is 0 Å². The highest BCUT2D eigenvalue weighted by atomic mass is 16.2. The standard InChI is InChI=1S/C7H10N2O/c1-6-4-9(5-6)7(10)2-3-8/h6H,2,4-5H2,1H3. The highest BCUT2D eigenvalue weighted by molar-refractivity contribution is 5.78. The zero-order chi connectivity index (χ0) is 7.56. The Kier molecular flexibility index (Phi) is 1.91. The lowest BCUT2D eigenvalue weighted by atomic mass is 10.0. The van der Waals surface area contributed by atoms with Crippen molar-refractivity contribution in [3.63, 3.8) is 0 Å². The van der Waals surface area contributed by atoms with E-state index in [4.69, 9.17) is 5.26 Å². The van der Waals surface area contributed by atoms with Crippen molar-refractivity contribution >= 4 is 5.91 Å². The van der Waals surface area contributed by atoms with Crippen LogP contribution in [0, 0.1) is 17.2 Å². The van der Waals surface area contributed by atoms with Crippen molar-refractivity contribution in [3.8, 4) is 6.07 Å². The summed E-state index contributed by atoms with van der Waals surface area (Å²) in [6.07, 6.45) is 0.0344. The van der Waals surface area contributed by atoms with Crippen molar-refractivity contribution in [2.45, 2.75) is 13.3 Å². The molecule has 0 aromatic carbocycles. The van der Waals surface area contributed by atoms with Crippen LogP contribution < -0.4 is 0 Å². The van der Waals surface area contributed by atoms with E-state index in [-0.39, 0.29) is 12.3 Å². The SMILES string of the molecule is CC1CN(C(=O)CC#N)C1. The summed E-state index contributed by atoms with van der Waals surface area (Å²) in [6.45, 7) is 3.76. The molecular weight excluding hydrogens is 128 g/mol. The Morgan fingerprint density at radius 2 is 2.40 bits per heavy atom. The summed E-state index contributed by atoms with van der Waals surface area (Å²) in [5.41, 5.74) is 0. The number of hydrogen-bond acceptors (Lipinski definition) is 2. The number of nitrogens with zero attached hydrogens (tertiary/aromatic N) is 2. The van der Waals surface area contributed by atoms with Crippen LogP contribution in [0.1, 0.15) is 13.3 Å². The Morgan fingerprint density at radius 1 is 1.80 bits per heavy atom. The average Bonchev–Trinajstić information content (AvgIpc) is 1.82. The summed E-state index contributed by atoms with van der Waals surface area (Å²) in [5, 5.41) is 8.17. The second kappa shape index (κ2) is 2.70. The summed E-state index contributed by atoms with van der Waals surface area (Å²) in [5.74, 6) is 0.600. The molecule has 1 heterocycles. The molecule has 1 aliphatic heterocycles. The lowest BCUT2D eigenvalue weighted by Gasteiger charge is -2.36. The lowest BCUT2D eigenvalue weighted by Crippen LogP contribution is -2.48. The van der Waals surface area contributed by atoms with E-state index >= 15 is 0 Å². The second-order valence-corrected chi connectivity index (χ2v) is 2.74. The quantitative estimate of drug-likeness (QED) is 0.525. The lowest BCUT2D eigenvalue weighted by molar-refractivity contribution is -0.135. The topological polar surface area (TPSA) is 44.1 Å². The molecule has 1 fully saturated rings. The molecule has 0 atom stereocenters. The third-order valence-corrected chi connectivity index (χ3v) is 1.65. The molecule has 0 N–H and O–H groups in total. The first-order valence-corrected chi connectivity index (χ1v) is 3.38. The van der Waals surface area contributed by atoms with Crippen molar-refractivity contribution in [2.24, 2.45) is 5.92 Å². The van der Waals surface area contributed by atoms with E-state index in [1.807, 2.05) is 6.07 Å². The van der Waals surface area contributed by atoms with Gasteiger partial charge in [0.15, 0.2) is 0 Å². The van der Waals surface area contributed by atoms with Gasteiger partial charge in [-0.1, -0.05) is 6.92 Å². The van der Waals surface area contributed by atoms with E-state index in [1.165, 1.54) is 0 Å². The Hall–Kier alpha value is -1.04. The van der Waals surface area contributed by atoms with E-state index < -0.39 is 0 Å². The normalized spacial score (nSPS) is 17.8. The maximum atomic E-state index is 10.9. The molecule has 1 aliphatic rings. The monoisotopic (exact) mass is 138 g/mol. The minimum absolute atomic E-state index is 0.0272. The molecular formula is C7H10N2O. The number of hydrogen-bond donors (Lipinski definition) is 0. The van der Waals surface area contributed by atoms with Gasteiger partial charge in [-0.25, -0.2) is 0 Å². The second-order valence-electron chi connectivity index (χ2n) is 2.74. The fraction of sp³-hybridized carbons (Fsp3) is 0.714. The zero-order valence-corrected chi connectivity index (χ0v) is 6.00. The van der Waals surface area contributed by atoms with Gasteiger partial charge in [0.05, 0.1) is 6.07 Å². The van der Waals surface area contributed by atoms with Crippen molar-refractivity contribution in [1.29, 1.82) is 5.26 Å². The Morgan fingerprint density at radius 3 is 2.80 bits per heavy atom. The van der Waals surface area contributed by atoms with Crippen LogP contribution in [0.3, 0.4) is 0 Å². The molecule has 1 saturated heterocycles. The van der Waals surface area contributed by atoms with Gasteiger partial charge < -0.3 is 4.90 Å². The fourth-order valence-corrected chi connectivity index (χ4v) is 1.08. The third kappa shape index (κ3) is 1.27. The summed E-state index contributed by atoms with van der Waals surface area (Å²) >= 11 is 0. The van der Waals surface area contributed by atoms with Gasteiger partial charge in [-0.3, -0.25) is 4.79 Å². The smallest absolute Gasteiger partial charge is 0.236 e. The van der Waals surface area contributed by atoms with E-state index in [2.05, 4.69) is 6.92 Å². The summed E-state index contributed by atoms with van der Waals surface area (Å²) in [6, 6.07) is 1.84. The van der Waals surface area contributed by atoms with Crippen LogP contribution in [-0.4, -0.2) is 23.9 Å². The minimum Gasteiger partial charge on any atom is -0.341 e. The summed E-state index contributed by atoms with van der Waals surface area (Å²) < 4.78 is 0. The van der Waals surface area contributed by atoms with Gasteiger partial charge in [0.2, 0.25) is 5.91 Å². The molecule has 0 aromatic rings. The van der Waals surface area contributed by atoms with Crippen LogP contribution in [-0.2, 0) is 4.79 Å². The van der Waals surface area contributed by atoms with Crippen molar-refractivity contribution < 1.29 is 4.79 Å². The van der Waals surface area contributed by atoms with Gasteiger partial charge in [0.25, 0.3) is 0 Å². The van der Waals surface area contributed by atoms with Crippen LogP contribution in [0.5, 0.6) is 0 Å². The predicted octanol–water partition coefficient (Wildman–Crippen LogP) is 0.378. The molecule has 0 aliphatic carbocycles. The van der Waals surface area contributed by atoms with Gasteiger partial charge in [-0.2, -0.15) is 5.26 Å². The van der Waals surface area contributed by atoms with Crippen LogP contribution in [0.2, 0.25) is 0 Å². The highest BCUT2D eigenvalue weighted by Crippen LogP contribution is 2.14. The molecule has 0 bridgehead atoms. The van der Waals surface area contributed by atoms with Gasteiger partial charge in [0, 0.05) is 13.1 Å². The maximum Gasteiger partial charge on any atom is 0.236 e. The molecule has 0 radical (unpaired) electrons. The Labute approximate surface area is 60.2 Å². The first-order chi connectivity index (χ1) is 4.74. The van der Waals surface area contributed by atoms with Gasteiger partial charge in [-0.05, 0) is 5.92 Å². The first kappa shape index (κ1) is 7.07. The van der Waals surface area contributed by atoms with E-state index in [1.54, 1.807) is 4.90 Å². The van der Waals surface area contributed by atoms with Gasteiger partial charge in [-0.15, -0.1) is 0 Å². The predicted molar refractivity (Wildman–Crippen MR) is 36.0 cm³/mol. The largest absolute Gasteiger partial charge is 0.341 e. The van der Waals surface area contributed by atoms with E-state index in [9.17, 15) is 4.79 Å². The van der Waals surface area contributed by atoms with Gasteiger partial charge in [0.1, 0.15) is 6.42 Å². The molecule has 3 nitrogen and oxygen atoms in total. The van der Waals surface area contributed by atoms with Crippen molar-refractivity contribution in [2.75, 3.05) is 13.1 Å². The number of likely N-dealkylation sites (tertiary alicyclic amines) is 1. The number of amides is 1. The first-order valence-electron chi connectivity index (χ1n) is 3.38. The van der Waals surface area contributed by atoms with E-state index in [0.717, 1.165) is 13.1 Å². The van der Waals surface area contributed by atoms with E-state index in [0.29, 0.717) is 5.92 Å².